The number of rotatable bonds is 6. The first-order valence-electron chi connectivity index (χ1n) is 9.54. The number of pyridine rings is 2. The summed E-state index contributed by atoms with van der Waals surface area (Å²) >= 11 is 0. The van der Waals surface area contributed by atoms with Crippen LogP contribution in [0.2, 0.25) is 0 Å². The molecule has 1 saturated heterocycles. The van der Waals surface area contributed by atoms with Gasteiger partial charge in [-0.25, -0.2) is 0 Å². The van der Waals surface area contributed by atoms with Crippen molar-refractivity contribution in [2.45, 2.75) is 31.8 Å². The summed E-state index contributed by atoms with van der Waals surface area (Å²) in [7, 11) is 0. The largest absolute Gasteiger partial charge is 0.351 e. The van der Waals surface area contributed by atoms with Gasteiger partial charge in [-0.15, -0.1) is 0 Å². The van der Waals surface area contributed by atoms with Crippen LogP contribution in [0.4, 0.5) is 0 Å². The number of nitrogens with one attached hydrogen (secondary N) is 1. The Labute approximate surface area is 163 Å². The lowest BCUT2D eigenvalue weighted by Gasteiger charge is -2.31. The second-order valence-electron chi connectivity index (χ2n) is 7.05. The maximum absolute atomic E-state index is 12.3. The minimum Gasteiger partial charge on any atom is -0.351 e. The van der Waals surface area contributed by atoms with Crippen molar-refractivity contribution >= 4 is 5.91 Å². The highest BCUT2D eigenvalue weighted by atomic mass is 16.5. The first kappa shape index (κ1) is 18.3. The fraction of sp³-hybridized carbons (Fsp3) is 0.333. The van der Waals surface area contributed by atoms with E-state index in [1.807, 2.05) is 36.5 Å². The maximum atomic E-state index is 12.3. The zero-order chi connectivity index (χ0) is 19.2. The van der Waals surface area contributed by atoms with Crippen molar-refractivity contribution in [1.82, 2.24) is 25.3 Å². The molecule has 144 valence electrons. The molecule has 0 radical (unpaired) electrons. The molecular weight excluding hydrogens is 354 g/mol. The number of likely N-dealkylation sites (tertiary alicyclic amines) is 1. The Hall–Kier alpha value is -3.06. The smallest absolute Gasteiger partial charge is 0.290 e. The molecule has 4 heterocycles. The molecule has 3 aromatic heterocycles. The minimum absolute atomic E-state index is 0.253. The van der Waals surface area contributed by atoms with E-state index in [0.29, 0.717) is 6.54 Å². The summed E-state index contributed by atoms with van der Waals surface area (Å²) in [5.41, 5.74) is 2.90. The van der Waals surface area contributed by atoms with E-state index in [9.17, 15) is 4.79 Å². The van der Waals surface area contributed by atoms with Crippen LogP contribution in [0, 0.1) is 0 Å². The predicted octanol–water partition coefficient (Wildman–Crippen LogP) is 2.77. The quantitative estimate of drug-likeness (QED) is 0.711. The van der Waals surface area contributed by atoms with E-state index >= 15 is 0 Å². The van der Waals surface area contributed by atoms with Crippen LogP contribution < -0.4 is 5.32 Å². The zero-order valence-electron chi connectivity index (χ0n) is 15.6. The Kier molecular flexibility index (Phi) is 5.72. The van der Waals surface area contributed by atoms with Gasteiger partial charge in [0.15, 0.2) is 0 Å². The molecule has 1 aliphatic rings. The molecule has 0 aromatic carbocycles. The summed E-state index contributed by atoms with van der Waals surface area (Å²) in [5.74, 6) is 0.269. The summed E-state index contributed by atoms with van der Waals surface area (Å²) in [6.45, 7) is 3.19. The van der Waals surface area contributed by atoms with Crippen LogP contribution in [-0.2, 0) is 13.1 Å². The Balaban J connectivity index is 1.34. The fourth-order valence-electron chi connectivity index (χ4n) is 3.52. The summed E-state index contributed by atoms with van der Waals surface area (Å²) < 4.78 is 5.32. The van der Waals surface area contributed by atoms with Crippen LogP contribution in [-0.4, -0.2) is 39.0 Å². The Morgan fingerprint density at radius 3 is 2.93 bits per heavy atom. The maximum Gasteiger partial charge on any atom is 0.290 e. The highest BCUT2D eigenvalue weighted by molar-refractivity contribution is 5.91. The van der Waals surface area contributed by atoms with Gasteiger partial charge in [-0.1, -0.05) is 11.2 Å². The molecule has 28 heavy (non-hydrogen) atoms. The number of carbonyl (C=O) groups is 1. The normalized spacial score (nSPS) is 17.4. The summed E-state index contributed by atoms with van der Waals surface area (Å²) in [5, 5.41) is 7.02. The monoisotopic (exact) mass is 377 g/mol. The van der Waals surface area contributed by atoms with E-state index in [0.717, 1.165) is 49.4 Å². The predicted molar refractivity (Wildman–Crippen MR) is 103 cm³/mol. The van der Waals surface area contributed by atoms with Crippen molar-refractivity contribution in [3.05, 3.63) is 77.7 Å². The topological polar surface area (TPSA) is 84.2 Å². The van der Waals surface area contributed by atoms with Crippen molar-refractivity contribution in [2.24, 2.45) is 0 Å². The van der Waals surface area contributed by atoms with Crippen molar-refractivity contribution in [3.63, 3.8) is 0 Å². The van der Waals surface area contributed by atoms with Crippen molar-refractivity contribution in [1.29, 1.82) is 0 Å². The molecule has 1 atom stereocenters. The average molecular weight is 377 g/mol. The van der Waals surface area contributed by atoms with Crippen LogP contribution in [0.25, 0.3) is 0 Å². The first-order valence-corrected chi connectivity index (χ1v) is 9.54. The third-order valence-electron chi connectivity index (χ3n) is 4.99. The van der Waals surface area contributed by atoms with Gasteiger partial charge in [-0.3, -0.25) is 19.7 Å². The van der Waals surface area contributed by atoms with Crippen molar-refractivity contribution in [3.8, 4) is 0 Å². The summed E-state index contributed by atoms with van der Waals surface area (Å²) in [4.78, 5) is 23.1. The molecule has 3 aromatic rings. The van der Waals surface area contributed by atoms with Gasteiger partial charge in [0, 0.05) is 50.2 Å². The van der Waals surface area contributed by atoms with E-state index in [1.54, 1.807) is 18.5 Å². The highest BCUT2D eigenvalue weighted by Crippen LogP contribution is 2.27. The number of aromatic nitrogens is 3. The first-order chi connectivity index (χ1) is 13.8. The third kappa shape index (κ3) is 4.61. The number of amides is 1. The molecule has 0 aliphatic carbocycles. The second kappa shape index (κ2) is 8.75. The molecular formula is C21H23N5O2. The SMILES string of the molecule is O=C(NCc1ccncc1)c1cc(C2CCCN(Cc3ccccn3)C2)no1. The highest BCUT2D eigenvalue weighted by Gasteiger charge is 2.25. The molecule has 1 amide bonds. The van der Waals surface area contributed by atoms with Gasteiger partial charge in [0.2, 0.25) is 5.76 Å². The minimum atomic E-state index is -0.253. The van der Waals surface area contributed by atoms with Crippen LogP contribution in [0.1, 0.15) is 46.3 Å². The number of nitrogens with zero attached hydrogens (tertiary/aromatic N) is 4. The lowest BCUT2D eigenvalue weighted by molar-refractivity contribution is 0.0913. The van der Waals surface area contributed by atoms with Gasteiger partial charge in [-0.2, -0.15) is 0 Å². The van der Waals surface area contributed by atoms with Gasteiger partial charge in [0.05, 0.1) is 11.4 Å². The Bertz CT molecular complexity index is 897. The van der Waals surface area contributed by atoms with Gasteiger partial charge in [0.25, 0.3) is 5.91 Å². The van der Waals surface area contributed by atoms with Gasteiger partial charge in [0.1, 0.15) is 0 Å². The molecule has 7 heteroatoms. The van der Waals surface area contributed by atoms with Crippen molar-refractivity contribution < 1.29 is 9.32 Å². The number of piperidine rings is 1. The molecule has 0 spiro atoms. The van der Waals surface area contributed by atoms with E-state index in [-0.39, 0.29) is 17.6 Å². The van der Waals surface area contributed by atoms with Crippen LogP contribution >= 0.6 is 0 Å². The number of carbonyl (C=O) groups excluding carboxylic acids is 1. The molecule has 1 N–H and O–H groups in total. The van der Waals surface area contributed by atoms with Crippen LogP contribution in [0.5, 0.6) is 0 Å². The van der Waals surface area contributed by atoms with Gasteiger partial charge < -0.3 is 9.84 Å². The van der Waals surface area contributed by atoms with E-state index < -0.39 is 0 Å². The molecule has 4 rings (SSSR count). The molecule has 0 bridgehead atoms. The van der Waals surface area contributed by atoms with Crippen LogP contribution in [0.15, 0.2) is 59.5 Å². The third-order valence-corrected chi connectivity index (χ3v) is 4.99. The molecule has 0 saturated carbocycles. The van der Waals surface area contributed by atoms with Crippen LogP contribution in [0.3, 0.4) is 0 Å². The summed E-state index contributed by atoms with van der Waals surface area (Å²) in [6.07, 6.45) is 7.37. The standard InChI is InChI=1S/C21H23N5O2/c27-21(24-13-16-6-9-22-10-7-16)20-12-19(25-28-20)17-4-3-11-26(14-17)15-18-5-1-2-8-23-18/h1-2,5-10,12,17H,3-4,11,13-15H2,(H,24,27). The van der Waals surface area contributed by atoms with E-state index in [4.69, 9.17) is 4.52 Å². The van der Waals surface area contributed by atoms with E-state index in [1.165, 1.54) is 0 Å². The van der Waals surface area contributed by atoms with Gasteiger partial charge >= 0.3 is 0 Å². The molecule has 1 aliphatic heterocycles. The number of hydrogen-bond acceptors (Lipinski definition) is 6. The zero-order valence-corrected chi connectivity index (χ0v) is 15.6. The molecule has 1 unspecified atom stereocenters. The average Bonchev–Trinajstić information content (AvgIpc) is 3.24. The lowest BCUT2D eigenvalue weighted by Crippen LogP contribution is -2.34. The van der Waals surface area contributed by atoms with Crippen molar-refractivity contribution in [2.75, 3.05) is 13.1 Å². The Morgan fingerprint density at radius 2 is 2.11 bits per heavy atom. The molecule has 7 nitrogen and oxygen atoms in total. The lowest BCUT2D eigenvalue weighted by atomic mass is 9.94. The fourth-order valence-corrected chi connectivity index (χ4v) is 3.52. The molecule has 1 fully saturated rings. The van der Waals surface area contributed by atoms with E-state index in [2.05, 4.69) is 25.3 Å². The summed E-state index contributed by atoms with van der Waals surface area (Å²) in [6, 6.07) is 11.5. The second-order valence-corrected chi connectivity index (χ2v) is 7.05. The Morgan fingerprint density at radius 1 is 1.21 bits per heavy atom. The van der Waals surface area contributed by atoms with Gasteiger partial charge in [-0.05, 0) is 49.2 Å². The number of hydrogen-bond donors (Lipinski definition) is 1.